The third kappa shape index (κ3) is 2.75. The molecule has 1 saturated carbocycles. The first-order chi connectivity index (χ1) is 8.43. The van der Waals surface area contributed by atoms with Gasteiger partial charge in [0.1, 0.15) is 5.82 Å². The van der Waals surface area contributed by atoms with Crippen LogP contribution in [0.4, 0.5) is 4.39 Å². The maximum absolute atomic E-state index is 13.5. The average molecular weight is 244 g/mol. The van der Waals surface area contributed by atoms with Crippen LogP contribution in [0.3, 0.4) is 0 Å². The van der Waals surface area contributed by atoms with Gasteiger partial charge in [-0.05, 0) is 48.4 Å². The van der Waals surface area contributed by atoms with E-state index in [2.05, 4.69) is 39.5 Å². The summed E-state index contributed by atoms with van der Waals surface area (Å²) in [6.07, 6.45) is 2.37. The van der Waals surface area contributed by atoms with E-state index in [1.807, 2.05) is 6.07 Å². The number of hydrogen-bond acceptors (Lipinski definition) is 0. The molecule has 0 aromatic heterocycles. The fourth-order valence-corrected chi connectivity index (χ4v) is 2.20. The van der Waals surface area contributed by atoms with Gasteiger partial charge in [-0.15, -0.1) is 0 Å². The Kier molecular flexibility index (Phi) is 3.48. The van der Waals surface area contributed by atoms with Crippen molar-refractivity contribution in [3.8, 4) is 11.8 Å². The van der Waals surface area contributed by atoms with Crippen LogP contribution in [-0.4, -0.2) is 0 Å². The molecule has 0 unspecified atom stereocenters. The number of hydrogen-bond donors (Lipinski definition) is 0. The predicted molar refractivity (Wildman–Crippen MR) is 73.9 cm³/mol. The summed E-state index contributed by atoms with van der Waals surface area (Å²) in [6, 6.07) is 5.15. The van der Waals surface area contributed by atoms with Crippen LogP contribution >= 0.6 is 0 Å². The summed E-state index contributed by atoms with van der Waals surface area (Å²) in [7, 11) is 0. The molecule has 1 aliphatic rings. The monoisotopic (exact) mass is 244 g/mol. The van der Waals surface area contributed by atoms with Crippen LogP contribution < -0.4 is 0 Å². The Labute approximate surface area is 110 Å². The minimum absolute atomic E-state index is 0.181. The third-order valence-corrected chi connectivity index (χ3v) is 3.94. The summed E-state index contributed by atoms with van der Waals surface area (Å²) in [5.41, 5.74) is 2.03. The van der Waals surface area contributed by atoms with E-state index in [0.717, 1.165) is 11.1 Å². The van der Waals surface area contributed by atoms with Gasteiger partial charge in [-0.1, -0.05) is 39.5 Å². The maximum Gasteiger partial charge on any atom is 0.124 e. The molecule has 0 radical (unpaired) electrons. The lowest BCUT2D eigenvalue weighted by atomic mass is 9.92. The molecule has 0 saturated heterocycles. The number of halogens is 1. The topological polar surface area (TPSA) is 0 Å². The Morgan fingerprint density at radius 1 is 1.11 bits per heavy atom. The largest absolute Gasteiger partial charge is 0.207 e. The Hall–Kier alpha value is -1.29. The fraction of sp³-hybridized carbons (Fsp3) is 0.529. The molecular weight excluding hydrogens is 223 g/mol. The quantitative estimate of drug-likeness (QED) is 0.659. The van der Waals surface area contributed by atoms with Crippen molar-refractivity contribution in [2.75, 3.05) is 0 Å². The van der Waals surface area contributed by atoms with Crippen LogP contribution in [0.2, 0.25) is 0 Å². The Balaban J connectivity index is 2.28. The first kappa shape index (κ1) is 13.1. The number of rotatable bonds is 2. The summed E-state index contributed by atoms with van der Waals surface area (Å²) < 4.78 is 13.5. The van der Waals surface area contributed by atoms with Crippen molar-refractivity contribution in [3.63, 3.8) is 0 Å². The van der Waals surface area contributed by atoms with Gasteiger partial charge in [-0.3, -0.25) is 0 Å². The summed E-state index contributed by atoms with van der Waals surface area (Å²) >= 11 is 0. The Morgan fingerprint density at radius 2 is 1.78 bits per heavy atom. The molecule has 0 atom stereocenters. The molecule has 1 aromatic rings. The normalized spacial score (nSPS) is 16.6. The summed E-state index contributed by atoms with van der Waals surface area (Å²) in [6.45, 7) is 8.57. The minimum Gasteiger partial charge on any atom is -0.207 e. The zero-order valence-electron chi connectivity index (χ0n) is 11.7. The summed E-state index contributed by atoms with van der Waals surface area (Å²) in [5.74, 6) is 7.28. The number of benzene rings is 1. The molecule has 2 rings (SSSR count). The van der Waals surface area contributed by atoms with Crippen molar-refractivity contribution in [3.05, 3.63) is 35.1 Å². The molecule has 0 amide bonds. The van der Waals surface area contributed by atoms with Crippen molar-refractivity contribution in [1.82, 2.24) is 0 Å². The van der Waals surface area contributed by atoms with Gasteiger partial charge in [0.05, 0.1) is 0 Å². The molecule has 96 valence electrons. The first-order valence-corrected chi connectivity index (χ1v) is 6.76. The van der Waals surface area contributed by atoms with Crippen LogP contribution in [0.1, 0.15) is 57.6 Å². The lowest BCUT2D eigenvalue weighted by Crippen LogP contribution is -2.05. The molecule has 1 fully saturated rings. The van der Waals surface area contributed by atoms with Crippen molar-refractivity contribution in [1.29, 1.82) is 0 Å². The van der Waals surface area contributed by atoms with E-state index in [9.17, 15) is 4.39 Å². The van der Waals surface area contributed by atoms with Crippen molar-refractivity contribution in [2.24, 2.45) is 11.3 Å². The van der Waals surface area contributed by atoms with Gasteiger partial charge in [0, 0.05) is 11.0 Å². The van der Waals surface area contributed by atoms with Crippen LogP contribution in [-0.2, 0) is 0 Å². The van der Waals surface area contributed by atoms with Gasteiger partial charge in [-0.25, -0.2) is 4.39 Å². The minimum atomic E-state index is -0.181. The SMILES string of the molecule is CC(C)c1cc(F)cc(C#CC2(C(C)C)CC2)c1. The maximum atomic E-state index is 13.5. The molecule has 0 N–H and O–H groups in total. The molecule has 0 spiro atoms. The van der Waals surface area contributed by atoms with Gasteiger partial charge < -0.3 is 0 Å². The molecule has 0 bridgehead atoms. The molecule has 0 nitrogen and oxygen atoms in total. The van der Waals surface area contributed by atoms with Crippen molar-refractivity contribution < 1.29 is 4.39 Å². The van der Waals surface area contributed by atoms with Gasteiger partial charge >= 0.3 is 0 Å². The standard InChI is InChI=1S/C17H21F/c1-12(2)15-9-14(10-16(18)11-15)5-6-17(7-8-17)13(3)4/h9-13H,7-8H2,1-4H3. The highest BCUT2D eigenvalue weighted by molar-refractivity contribution is 5.41. The average Bonchev–Trinajstić information content (AvgIpc) is 3.06. The van der Waals surface area contributed by atoms with Gasteiger partial charge in [0.2, 0.25) is 0 Å². The predicted octanol–water partition coefficient (Wildman–Crippen LogP) is 4.74. The first-order valence-electron chi connectivity index (χ1n) is 6.76. The van der Waals surface area contributed by atoms with E-state index in [-0.39, 0.29) is 11.2 Å². The van der Waals surface area contributed by atoms with E-state index in [0.29, 0.717) is 11.8 Å². The lowest BCUT2D eigenvalue weighted by molar-refractivity contribution is 0.464. The van der Waals surface area contributed by atoms with Gasteiger partial charge in [-0.2, -0.15) is 0 Å². The second-order valence-electron chi connectivity index (χ2n) is 5.99. The summed E-state index contributed by atoms with van der Waals surface area (Å²) in [4.78, 5) is 0. The van der Waals surface area contributed by atoms with Crippen LogP contribution in [0.15, 0.2) is 18.2 Å². The molecule has 1 aromatic carbocycles. The second-order valence-corrected chi connectivity index (χ2v) is 5.99. The van der Waals surface area contributed by atoms with Gasteiger partial charge in [0.15, 0.2) is 0 Å². The smallest absolute Gasteiger partial charge is 0.124 e. The van der Waals surface area contributed by atoms with Crippen molar-refractivity contribution >= 4 is 0 Å². The molecular formula is C17H21F. The van der Waals surface area contributed by atoms with Crippen molar-refractivity contribution in [2.45, 2.75) is 46.5 Å². The molecule has 18 heavy (non-hydrogen) atoms. The second kappa shape index (κ2) is 4.76. The van der Waals surface area contributed by atoms with E-state index in [4.69, 9.17) is 0 Å². The molecule has 1 heteroatoms. The Bertz CT molecular complexity index is 496. The fourth-order valence-electron chi connectivity index (χ4n) is 2.20. The third-order valence-electron chi connectivity index (χ3n) is 3.94. The summed E-state index contributed by atoms with van der Waals surface area (Å²) in [5, 5.41) is 0. The van der Waals surface area contributed by atoms with Crippen LogP contribution in [0, 0.1) is 29.0 Å². The van der Waals surface area contributed by atoms with E-state index < -0.39 is 0 Å². The zero-order valence-corrected chi connectivity index (χ0v) is 11.7. The molecule has 0 heterocycles. The zero-order chi connectivity index (χ0) is 13.3. The van der Waals surface area contributed by atoms with E-state index >= 15 is 0 Å². The highest BCUT2D eigenvalue weighted by atomic mass is 19.1. The highest BCUT2D eigenvalue weighted by Gasteiger charge is 2.43. The highest BCUT2D eigenvalue weighted by Crippen LogP contribution is 2.51. The van der Waals surface area contributed by atoms with Crippen LogP contribution in [0.5, 0.6) is 0 Å². The Morgan fingerprint density at radius 3 is 2.28 bits per heavy atom. The van der Waals surface area contributed by atoms with Crippen LogP contribution in [0.25, 0.3) is 0 Å². The molecule has 1 aliphatic carbocycles. The molecule has 0 aliphatic heterocycles. The van der Waals surface area contributed by atoms with Gasteiger partial charge in [0.25, 0.3) is 0 Å². The lowest BCUT2D eigenvalue weighted by Gasteiger charge is -2.11. The van der Waals surface area contributed by atoms with E-state index in [1.54, 1.807) is 6.07 Å². The van der Waals surface area contributed by atoms with E-state index in [1.165, 1.54) is 18.9 Å².